The van der Waals surface area contributed by atoms with Crippen LogP contribution in [0.1, 0.15) is 6.92 Å². The van der Waals surface area contributed by atoms with Gasteiger partial charge in [0.2, 0.25) is 5.91 Å². The molecule has 0 aliphatic heterocycles. The highest BCUT2D eigenvalue weighted by atomic mass is 16.1. The number of nitrogen functional groups attached to an aromatic ring is 1. The Labute approximate surface area is 98.6 Å². The van der Waals surface area contributed by atoms with E-state index in [2.05, 4.69) is 20.8 Å². The Bertz CT molecular complexity index is 534. The van der Waals surface area contributed by atoms with Gasteiger partial charge in [-0.15, -0.1) is 0 Å². The maximum absolute atomic E-state index is 10.7. The molecule has 0 atom stereocenters. The van der Waals surface area contributed by atoms with Crippen LogP contribution >= 0.6 is 0 Å². The molecule has 6 nitrogen and oxygen atoms in total. The molecule has 0 unspecified atom stereocenters. The largest absolute Gasteiger partial charge is 0.397 e. The minimum Gasteiger partial charge on any atom is -0.397 e. The summed E-state index contributed by atoms with van der Waals surface area (Å²) in [5, 5.41) is 13.7. The third-order valence-electron chi connectivity index (χ3n) is 2.42. The van der Waals surface area contributed by atoms with Gasteiger partial charge in [-0.3, -0.25) is 9.89 Å². The zero-order chi connectivity index (χ0) is 12.3. The number of hydrogen-bond acceptors (Lipinski definition) is 4. The van der Waals surface area contributed by atoms with Crippen LogP contribution in [0.3, 0.4) is 0 Å². The number of hydrogen-bond donors (Lipinski definition) is 4. The second-order valence-corrected chi connectivity index (χ2v) is 3.81. The second-order valence-electron chi connectivity index (χ2n) is 3.81. The number of aromatic amines is 1. The predicted octanol–water partition coefficient (Wildman–Crippen LogP) is 0.693. The number of carbonyl (C=O) groups is 1. The van der Waals surface area contributed by atoms with Crippen molar-refractivity contribution in [3.63, 3.8) is 0 Å². The monoisotopic (exact) mass is 233 g/mol. The minimum absolute atomic E-state index is 0.0382. The fraction of sp³-hybridized carbons (Fsp3) is 0.273. The molecule has 0 aliphatic rings. The summed E-state index contributed by atoms with van der Waals surface area (Å²) in [4.78, 5) is 10.7. The molecule has 17 heavy (non-hydrogen) atoms. The van der Waals surface area contributed by atoms with Crippen LogP contribution in [-0.2, 0) is 4.79 Å². The molecule has 0 radical (unpaired) electrons. The number of aromatic nitrogens is 2. The van der Waals surface area contributed by atoms with E-state index in [9.17, 15) is 4.79 Å². The Morgan fingerprint density at radius 3 is 3.06 bits per heavy atom. The van der Waals surface area contributed by atoms with Crippen LogP contribution in [0.25, 0.3) is 10.9 Å². The zero-order valence-corrected chi connectivity index (χ0v) is 9.58. The fourth-order valence-electron chi connectivity index (χ4n) is 1.60. The van der Waals surface area contributed by atoms with Crippen LogP contribution in [0.2, 0.25) is 0 Å². The van der Waals surface area contributed by atoms with Crippen molar-refractivity contribution in [2.24, 2.45) is 0 Å². The quantitative estimate of drug-likeness (QED) is 0.461. The van der Waals surface area contributed by atoms with E-state index in [0.717, 1.165) is 16.6 Å². The number of carbonyl (C=O) groups excluding carboxylic acids is 1. The number of rotatable bonds is 4. The van der Waals surface area contributed by atoms with E-state index >= 15 is 0 Å². The number of fused-ring (bicyclic) bond motifs is 1. The SMILES string of the molecule is CC(=O)NCCNc1cc2[nH]ncc2cc1N. The number of amides is 1. The lowest BCUT2D eigenvalue weighted by molar-refractivity contribution is -0.118. The van der Waals surface area contributed by atoms with Crippen LogP contribution in [0.15, 0.2) is 18.3 Å². The topological polar surface area (TPSA) is 95.8 Å². The van der Waals surface area contributed by atoms with E-state index in [1.165, 1.54) is 6.92 Å². The molecule has 0 saturated carbocycles. The normalized spacial score (nSPS) is 10.4. The summed E-state index contributed by atoms with van der Waals surface area (Å²) < 4.78 is 0. The van der Waals surface area contributed by atoms with Crippen LogP contribution in [-0.4, -0.2) is 29.2 Å². The zero-order valence-electron chi connectivity index (χ0n) is 9.58. The number of anilines is 2. The first-order valence-corrected chi connectivity index (χ1v) is 5.38. The van der Waals surface area contributed by atoms with Crippen LogP contribution in [0.5, 0.6) is 0 Å². The highest BCUT2D eigenvalue weighted by molar-refractivity contribution is 5.88. The van der Waals surface area contributed by atoms with Crippen molar-refractivity contribution in [1.29, 1.82) is 0 Å². The maximum atomic E-state index is 10.7. The Balaban J connectivity index is 2.02. The Morgan fingerprint density at radius 2 is 2.29 bits per heavy atom. The maximum Gasteiger partial charge on any atom is 0.216 e. The summed E-state index contributed by atoms with van der Waals surface area (Å²) in [6.07, 6.45) is 1.73. The highest BCUT2D eigenvalue weighted by Crippen LogP contribution is 2.24. The van der Waals surface area contributed by atoms with Crippen molar-refractivity contribution in [3.8, 4) is 0 Å². The van der Waals surface area contributed by atoms with Crippen LogP contribution in [0, 0.1) is 0 Å². The van der Waals surface area contributed by atoms with E-state index in [1.54, 1.807) is 6.20 Å². The van der Waals surface area contributed by atoms with E-state index in [1.807, 2.05) is 12.1 Å². The van der Waals surface area contributed by atoms with E-state index in [-0.39, 0.29) is 5.91 Å². The molecule has 6 heteroatoms. The molecule has 2 aromatic rings. The third kappa shape index (κ3) is 2.66. The molecule has 0 saturated heterocycles. The van der Waals surface area contributed by atoms with Gasteiger partial charge in [0.05, 0.1) is 23.1 Å². The number of nitrogens with one attached hydrogen (secondary N) is 3. The summed E-state index contributed by atoms with van der Waals surface area (Å²) in [6.45, 7) is 2.68. The van der Waals surface area contributed by atoms with Crippen molar-refractivity contribution in [1.82, 2.24) is 15.5 Å². The van der Waals surface area contributed by atoms with Crippen molar-refractivity contribution in [2.45, 2.75) is 6.92 Å². The summed E-state index contributed by atoms with van der Waals surface area (Å²) in [7, 11) is 0. The van der Waals surface area contributed by atoms with Gasteiger partial charge in [-0.1, -0.05) is 0 Å². The minimum atomic E-state index is -0.0382. The van der Waals surface area contributed by atoms with Crippen molar-refractivity contribution in [3.05, 3.63) is 18.3 Å². The van der Waals surface area contributed by atoms with Gasteiger partial charge < -0.3 is 16.4 Å². The van der Waals surface area contributed by atoms with Crippen molar-refractivity contribution >= 4 is 28.2 Å². The average molecular weight is 233 g/mol. The van der Waals surface area contributed by atoms with Gasteiger partial charge in [0.15, 0.2) is 0 Å². The lowest BCUT2D eigenvalue weighted by atomic mass is 10.2. The van der Waals surface area contributed by atoms with Gasteiger partial charge >= 0.3 is 0 Å². The number of nitrogens with two attached hydrogens (primary N) is 1. The molecule has 0 spiro atoms. The summed E-state index contributed by atoms with van der Waals surface area (Å²) >= 11 is 0. The lowest BCUT2D eigenvalue weighted by Crippen LogP contribution is -2.26. The van der Waals surface area contributed by atoms with Gasteiger partial charge in [0.1, 0.15) is 0 Å². The molecule has 0 aliphatic carbocycles. The molecule has 1 aromatic heterocycles. The Kier molecular flexibility index (Phi) is 3.13. The lowest BCUT2D eigenvalue weighted by Gasteiger charge is -2.09. The van der Waals surface area contributed by atoms with Crippen molar-refractivity contribution < 1.29 is 4.79 Å². The first kappa shape index (κ1) is 11.3. The Morgan fingerprint density at radius 1 is 1.47 bits per heavy atom. The molecular formula is C11H15N5O. The van der Waals surface area contributed by atoms with Crippen molar-refractivity contribution in [2.75, 3.05) is 24.1 Å². The smallest absolute Gasteiger partial charge is 0.216 e. The second kappa shape index (κ2) is 4.73. The molecule has 1 aromatic carbocycles. The first-order valence-electron chi connectivity index (χ1n) is 5.38. The molecule has 1 heterocycles. The molecule has 5 N–H and O–H groups in total. The molecule has 90 valence electrons. The fourth-order valence-corrected chi connectivity index (χ4v) is 1.60. The van der Waals surface area contributed by atoms with Gasteiger partial charge in [-0.25, -0.2) is 0 Å². The van der Waals surface area contributed by atoms with E-state index in [0.29, 0.717) is 18.8 Å². The first-order chi connectivity index (χ1) is 8.16. The van der Waals surface area contributed by atoms with Gasteiger partial charge in [0.25, 0.3) is 0 Å². The standard InChI is InChI=1S/C11H15N5O/c1-7(17)13-2-3-14-11-5-10-8(4-9(11)12)6-15-16-10/h4-6,14H,2-3,12H2,1H3,(H,13,17)(H,15,16). The van der Waals surface area contributed by atoms with Crippen LogP contribution in [0.4, 0.5) is 11.4 Å². The highest BCUT2D eigenvalue weighted by Gasteiger charge is 2.03. The van der Waals surface area contributed by atoms with Crippen LogP contribution < -0.4 is 16.4 Å². The summed E-state index contributed by atoms with van der Waals surface area (Å²) in [5.74, 6) is -0.0382. The van der Waals surface area contributed by atoms with Gasteiger partial charge in [0, 0.05) is 25.4 Å². The molecule has 0 fully saturated rings. The Hall–Kier alpha value is -2.24. The molecule has 1 amide bonds. The van der Waals surface area contributed by atoms with Gasteiger partial charge in [-0.05, 0) is 12.1 Å². The number of nitrogens with zero attached hydrogens (tertiary/aromatic N) is 1. The number of benzene rings is 1. The predicted molar refractivity (Wildman–Crippen MR) is 67.7 cm³/mol. The van der Waals surface area contributed by atoms with E-state index in [4.69, 9.17) is 5.73 Å². The molecule has 2 rings (SSSR count). The third-order valence-corrected chi connectivity index (χ3v) is 2.42. The summed E-state index contributed by atoms with van der Waals surface area (Å²) in [6, 6.07) is 3.77. The van der Waals surface area contributed by atoms with E-state index < -0.39 is 0 Å². The van der Waals surface area contributed by atoms with Gasteiger partial charge in [-0.2, -0.15) is 5.10 Å². The summed E-state index contributed by atoms with van der Waals surface area (Å²) in [5.41, 5.74) is 8.34. The molecule has 0 bridgehead atoms. The molecular weight excluding hydrogens is 218 g/mol. The number of H-pyrrole nitrogens is 1. The average Bonchev–Trinajstić information content (AvgIpc) is 2.71.